The number of aromatic nitrogens is 2. The van der Waals surface area contributed by atoms with Crippen molar-refractivity contribution in [1.82, 2.24) is 9.97 Å². The second-order valence-electron chi connectivity index (χ2n) is 5.85. The van der Waals surface area contributed by atoms with Gasteiger partial charge in [0, 0.05) is 5.56 Å². The van der Waals surface area contributed by atoms with Crippen molar-refractivity contribution in [3.8, 4) is 5.75 Å². The van der Waals surface area contributed by atoms with Gasteiger partial charge in [0.25, 0.3) is 0 Å². The molecule has 0 aliphatic rings. The van der Waals surface area contributed by atoms with E-state index in [1.165, 1.54) is 0 Å². The Morgan fingerprint density at radius 2 is 1.60 bits per heavy atom. The molecule has 3 aromatic carbocycles. The van der Waals surface area contributed by atoms with Crippen molar-refractivity contribution in [3.05, 3.63) is 95.8 Å². The summed E-state index contributed by atoms with van der Waals surface area (Å²) in [5.74, 6) is 1.16. The first-order valence-electron chi connectivity index (χ1n) is 8.19. The third kappa shape index (κ3) is 3.25. The Kier molecular flexibility index (Phi) is 4.19. The number of para-hydroxylation sites is 3. The Labute approximate surface area is 145 Å². The lowest BCUT2D eigenvalue weighted by atomic mass is 10.1. The predicted octanol–water partition coefficient (Wildman–Crippen LogP) is 4.22. The molecule has 1 atom stereocenters. The van der Waals surface area contributed by atoms with Crippen LogP contribution in [0.4, 0.5) is 0 Å². The van der Waals surface area contributed by atoms with Gasteiger partial charge in [-0.3, -0.25) is 0 Å². The van der Waals surface area contributed by atoms with E-state index in [2.05, 4.69) is 9.97 Å². The van der Waals surface area contributed by atoms with E-state index in [1.807, 2.05) is 78.9 Å². The molecule has 0 aliphatic carbocycles. The summed E-state index contributed by atoms with van der Waals surface area (Å²) in [6.45, 7) is 0.449. The summed E-state index contributed by atoms with van der Waals surface area (Å²) >= 11 is 0. The SMILES string of the molecule is OC(c1nc2ccccc2[nH]1)c1ccccc1OCc1ccccc1. The molecule has 4 aromatic rings. The zero-order valence-corrected chi connectivity index (χ0v) is 13.6. The van der Waals surface area contributed by atoms with Gasteiger partial charge in [0.15, 0.2) is 0 Å². The molecule has 4 rings (SSSR count). The molecular formula is C21H18N2O2. The minimum atomic E-state index is -0.876. The predicted molar refractivity (Wildman–Crippen MR) is 97.4 cm³/mol. The van der Waals surface area contributed by atoms with Gasteiger partial charge in [0.1, 0.15) is 24.3 Å². The average Bonchev–Trinajstić information content (AvgIpc) is 3.11. The number of H-pyrrole nitrogens is 1. The summed E-state index contributed by atoms with van der Waals surface area (Å²) < 4.78 is 5.94. The van der Waals surface area contributed by atoms with E-state index in [1.54, 1.807) is 0 Å². The van der Waals surface area contributed by atoms with Crippen LogP contribution >= 0.6 is 0 Å². The fraction of sp³-hybridized carbons (Fsp3) is 0.0952. The van der Waals surface area contributed by atoms with E-state index in [0.29, 0.717) is 23.7 Å². The molecule has 0 saturated carbocycles. The molecule has 4 nitrogen and oxygen atoms in total. The molecule has 0 amide bonds. The number of ether oxygens (including phenoxy) is 1. The first-order valence-corrected chi connectivity index (χ1v) is 8.19. The van der Waals surface area contributed by atoms with Gasteiger partial charge in [0.05, 0.1) is 11.0 Å². The molecule has 1 aromatic heterocycles. The summed E-state index contributed by atoms with van der Waals surface area (Å²) in [6, 6.07) is 25.2. The third-order valence-electron chi connectivity index (χ3n) is 4.12. The van der Waals surface area contributed by atoms with E-state index in [0.717, 1.165) is 16.6 Å². The molecule has 124 valence electrons. The Hall–Kier alpha value is -3.11. The zero-order valence-electron chi connectivity index (χ0n) is 13.6. The van der Waals surface area contributed by atoms with Gasteiger partial charge in [-0.05, 0) is 23.8 Å². The van der Waals surface area contributed by atoms with Gasteiger partial charge < -0.3 is 14.8 Å². The van der Waals surface area contributed by atoms with Crippen molar-refractivity contribution in [1.29, 1.82) is 0 Å². The highest BCUT2D eigenvalue weighted by Gasteiger charge is 2.19. The summed E-state index contributed by atoms with van der Waals surface area (Å²) in [4.78, 5) is 7.67. The molecule has 0 radical (unpaired) electrons. The second-order valence-corrected chi connectivity index (χ2v) is 5.85. The van der Waals surface area contributed by atoms with E-state index in [4.69, 9.17) is 4.74 Å². The van der Waals surface area contributed by atoms with E-state index in [9.17, 15) is 5.11 Å². The molecule has 0 aliphatic heterocycles. The molecule has 4 heteroatoms. The van der Waals surface area contributed by atoms with Crippen LogP contribution in [0.1, 0.15) is 23.1 Å². The smallest absolute Gasteiger partial charge is 0.141 e. The fourth-order valence-corrected chi connectivity index (χ4v) is 2.82. The van der Waals surface area contributed by atoms with Crippen LogP contribution in [0.25, 0.3) is 11.0 Å². The van der Waals surface area contributed by atoms with Crippen LogP contribution in [0.3, 0.4) is 0 Å². The molecule has 1 unspecified atom stereocenters. The zero-order chi connectivity index (χ0) is 17.1. The van der Waals surface area contributed by atoms with Crippen LogP contribution in [0.5, 0.6) is 5.75 Å². The number of aromatic amines is 1. The van der Waals surface area contributed by atoms with E-state index < -0.39 is 6.10 Å². The minimum Gasteiger partial charge on any atom is -0.489 e. The van der Waals surface area contributed by atoms with Crippen LogP contribution in [0.15, 0.2) is 78.9 Å². The van der Waals surface area contributed by atoms with E-state index >= 15 is 0 Å². The number of fused-ring (bicyclic) bond motifs is 1. The highest BCUT2D eigenvalue weighted by molar-refractivity contribution is 5.74. The topological polar surface area (TPSA) is 58.1 Å². The number of hydrogen-bond donors (Lipinski definition) is 2. The Bertz CT molecular complexity index is 946. The summed E-state index contributed by atoms with van der Waals surface area (Å²) in [5.41, 5.74) is 3.51. The van der Waals surface area contributed by atoms with Crippen LogP contribution in [0, 0.1) is 0 Å². The van der Waals surface area contributed by atoms with Gasteiger partial charge in [0.2, 0.25) is 0 Å². The largest absolute Gasteiger partial charge is 0.489 e. The molecule has 0 bridgehead atoms. The average molecular weight is 330 g/mol. The summed E-state index contributed by atoms with van der Waals surface area (Å²) in [5, 5.41) is 10.8. The van der Waals surface area contributed by atoms with Crippen molar-refractivity contribution in [2.45, 2.75) is 12.7 Å². The van der Waals surface area contributed by atoms with E-state index in [-0.39, 0.29) is 0 Å². The van der Waals surface area contributed by atoms with Gasteiger partial charge in [-0.1, -0.05) is 60.7 Å². The molecule has 0 saturated heterocycles. The number of nitrogens with zero attached hydrogens (tertiary/aromatic N) is 1. The number of imidazole rings is 1. The highest BCUT2D eigenvalue weighted by atomic mass is 16.5. The first kappa shape index (κ1) is 15.4. The van der Waals surface area contributed by atoms with Gasteiger partial charge in [-0.2, -0.15) is 0 Å². The number of rotatable bonds is 5. The van der Waals surface area contributed by atoms with Gasteiger partial charge >= 0.3 is 0 Å². The Morgan fingerprint density at radius 3 is 2.44 bits per heavy atom. The lowest BCUT2D eigenvalue weighted by molar-refractivity contribution is 0.201. The Balaban J connectivity index is 1.61. The molecule has 2 N–H and O–H groups in total. The lowest BCUT2D eigenvalue weighted by Gasteiger charge is -2.15. The molecule has 0 spiro atoms. The Morgan fingerprint density at radius 1 is 0.880 bits per heavy atom. The summed E-state index contributed by atoms with van der Waals surface area (Å²) in [7, 11) is 0. The number of aliphatic hydroxyl groups excluding tert-OH is 1. The van der Waals surface area contributed by atoms with Crippen molar-refractivity contribution in [3.63, 3.8) is 0 Å². The van der Waals surface area contributed by atoms with Gasteiger partial charge in [-0.15, -0.1) is 0 Å². The maximum atomic E-state index is 10.8. The monoisotopic (exact) mass is 330 g/mol. The minimum absolute atomic E-state index is 0.449. The third-order valence-corrected chi connectivity index (χ3v) is 4.12. The highest BCUT2D eigenvalue weighted by Crippen LogP contribution is 2.30. The van der Waals surface area contributed by atoms with Crippen molar-refractivity contribution >= 4 is 11.0 Å². The van der Waals surface area contributed by atoms with Crippen LogP contribution in [0.2, 0.25) is 0 Å². The van der Waals surface area contributed by atoms with Crippen LogP contribution in [-0.4, -0.2) is 15.1 Å². The van der Waals surface area contributed by atoms with Crippen molar-refractivity contribution < 1.29 is 9.84 Å². The molecule has 0 fully saturated rings. The normalized spacial score (nSPS) is 12.2. The number of hydrogen-bond acceptors (Lipinski definition) is 3. The van der Waals surface area contributed by atoms with Gasteiger partial charge in [-0.25, -0.2) is 4.98 Å². The molecular weight excluding hydrogens is 312 g/mol. The number of nitrogens with one attached hydrogen (secondary N) is 1. The first-order chi connectivity index (χ1) is 12.3. The maximum absolute atomic E-state index is 10.8. The number of benzene rings is 3. The maximum Gasteiger partial charge on any atom is 0.141 e. The molecule has 25 heavy (non-hydrogen) atoms. The lowest BCUT2D eigenvalue weighted by Crippen LogP contribution is -2.05. The fourth-order valence-electron chi connectivity index (χ4n) is 2.82. The quantitative estimate of drug-likeness (QED) is 0.576. The standard InChI is InChI=1S/C21H18N2O2/c24-20(21-22-17-11-5-6-12-18(17)23-21)16-10-4-7-13-19(16)25-14-15-8-2-1-3-9-15/h1-13,20,24H,14H2,(H,22,23). The van der Waals surface area contributed by atoms with Crippen LogP contribution < -0.4 is 4.74 Å². The van der Waals surface area contributed by atoms with Crippen LogP contribution in [-0.2, 0) is 6.61 Å². The van der Waals surface area contributed by atoms with Crippen molar-refractivity contribution in [2.75, 3.05) is 0 Å². The summed E-state index contributed by atoms with van der Waals surface area (Å²) in [6.07, 6.45) is -0.876. The second kappa shape index (κ2) is 6.79. The molecule has 1 heterocycles. The van der Waals surface area contributed by atoms with Crippen molar-refractivity contribution in [2.24, 2.45) is 0 Å². The number of aliphatic hydroxyl groups is 1.